The van der Waals surface area contributed by atoms with Gasteiger partial charge in [0.05, 0.1) is 0 Å². The zero-order valence-corrected chi connectivity index (χ0v) is 5.97. The lowest BCUT2D eigenvalue weighted by Crippen LogP contribution is -2.03. The van der Waals surface area contributed by atoms with Gasteiger partial charge in [-0.1, -0.05) is 19.8 Å². The summed E-state index contributed by atoms with van der Waals surface area (Å²) < 4.78 is 0. The molecule has 0 radical (unpaired) electrons. The Hall–Kier alpha value is -0.330. The van der Waals surface area contributed by atoms with Gasteiger partial charge in [0.1, 0.15) is 6.29 Å². The lowest BCUT2D eigenvalue weighted by Gasteiger charge is -2.09. The minimum Gasteiger partial charge on any atom is -0.303 e. The summed E-state index contributed by atoms with van der Waals surface area (Å²) in [5, 5.41) is 0. The second-order valence-electron chi connectivity index (χ2n) is 3.07. The summed E-state index contributed by atoms with van der Waals surface area (Å²) in [5.41, 5.74) is 0. The van der Waals surface area contributed by atoms with Crippen molar-refractivity contribution in [1.29, 1.82) is 0 Å². The molecule has 1 heteroatoms. The van der Waals surface area contributed by atoms with Crippen LogP contribution >= 0.6 is 0 Å². The molecule has 1 aliphatic carbocycles. The predicted octanol–water partition coefficient (Wildman–Crippen LogP) is 2.01. The summed E-state index contributed by atoms with van der Waals surface area (Å²) in [6.07, 6.45) is 5.80. The molecule has 2 atom stereocenters. The fourth-order valence-corrected chi connectivity index (χ4v) is 1.70. The highest BCUT2D eigenvalue weighted by molar-refractivity contribution is 5.49. The van der Waals surface area contributed by atoms with Crippen LogP contribution in [0.25, 0.3) is 0 Å². The van der Waals surface area contributed by atoms with E-state index < -0.39 is 0 Å². The Bertz CT molecular complexity index is 98.7. The topological polar surface area (TPSA) is 17.1 Å². The van der Waals surface area contributed by atoms with Crippen LogP contribution in [0.1, 0.15) is 32.6 Å². The summed E-state index contributed by atoms with van der Waals surface area (Å²) in [4.78, 5) is 10.1. The maximum absolute atomic E-state index is 10.1. The zero-order chi connectivity index (χ0) is 6.69. The molecular weight excluding hydrogens is 112 g/mol. The molecule has 1 fully saturated rings. The largest absolute Gasteiger partial charge is 0.303 e. The first-order chi connectivity index (χ1) is 4.34. The van der Waals surface area contributed by atoms with Crippen LogP contribution in [-0.4, -0.2) is 6.29 Å². The molecule has 0 heterocycles. The summed E-state index contributed by atoms with van der Waals surface area (Å²) in [7, 11) is 0. The van der Waals surface area contributed by atoms with Gasteiger partial charge in [-0.2, -0.15) is 0 Å². The number of carbonyl (C=O) groups excluding carboxylic acids is 1. The Morgan fingerprint density at radius 3 is 2.78 bits per heavy atom. The van der Waals surface area contributed by atoms with Crippen molar-refractivity contribution in [2.75, 3.05) is 0 Å². The fourth-order valence-electron chi connectivity index (χ4n) is 1.70. The van der Waals surface area contributed by atoms with Crippen molar-refractivity contribution < 1.29 is 4.79 Å². The third-order valence-corrected chi connectivity index (χ3v) is 2.44. The van der Waals surface area contributed by atoms with E-state index >= 15 is 0 Å². The molecule has 0 bridgehead atoms. The average Bonchev–Trinajstić information content (AvgIpc) is 2.18. The Morgan fingerprint density at radius 2 is 2.33 bits per heavy atom. The van der Waals surface area contributed by atoms with E-state index in [2.05, 4.69) is 6.92 Å². The third kappa shape index (κ3) is 1.54. The van der Waals surface area contributed by atoms with Crippen molar-refractivity contribution in [3.63, 3.8) is 0 Å². The van der Waals surface area contributed by atoms with Crippen LogP contribution in [0.2, 0.25) is 0 Å². The van der Waals surface area contributed by atoms with Gasteiger partial charge in [0.15, 0.2) is 0 Å². The van der Waals surface area contributed by atoms with Crippen LogP contribution < -0.4 is 0 Å². The zero-order valence-electron chi connectivity index (χ0n) is 5.97. The molecule has 0 aromatic heterocycles. The Labute approximate surface area is 56.4 Å². The molecule has 0 aromatic carbocycles. The van der Waals surface area contributed by atoms with Crippen molar-refractivity contribution in [2.24, 2.45) is 11.8 Å². The van der Waals surface area contributed by atoms with Gasteiger partial charge in [-0.05, 0) is 18.3 Å². The molecule has 2 unspecified atom stereocenters. The summed E-state index contributed by atoms with van der Waals surface area (Å²) in [5.74, 6) is 1.51. The number of rotatable bonds is 2. The summed E-state index contributed by atoms with van der Waals surface area (Å²) >= 11 is 0. The van der Waals surface area contributed by atoms with Crippen LogP contribution in [0, 0.1) is 11.8 Å². The van der Waals surface area contributed by atoms with Crippen molar-refractivity contribution in [3.05, 3.63) is 0 Å². The highest BCUT2D eigenvalue weighted by atomic mass is 16.1. The Kier molecular flexibility index (Phi) is 2.26. The highest BCUT2D eigenvalue weighted by Crippen LogP contribution is 2.32. The lowest BCUT2D eigenvalue weighted by molar-refractivity contribution is -0.108. The van der Waals surface area contributed by atoms with E-state index in [0.29, 0.717) is 5.92 Å². The molecule has 0 aromatic rings. The monoisotopic (exact) mass is 126 g/mol. The van der Waals surface area contributed by atoms with Gasteiger partial charge in [-0.25, -0.2) is 0 Å². The molecule has 1 rings (SSSR count). The SMILES string of the molecule is CC1CCCC1CC=O. The van der Waals surface area contributed by atoms with Crippen LogP contribution in [0.15, 0.2) is 0 Å². The standard InChI is InChI=1S/C8H14O/c1-7-3-2-4-8(7)5-6-9/h6-8H,2-5H2,1H3. The second kappa shape index (κ2) is 3.00. The molecule has 0 amide bonds. The molecule has 9 heavy (non-hydrogen) atoms. The first-order valence-electron chi connectivity index (χ1n) is 3.78. The number of hydrogen-bond donors (Lipinski definition) is 0. The molecule has 1 nitrogen and oxygen atoms in total. The lowest BCUT2D eigenvalue weighted by atomic mass is 9.96. The number of hydrogen-bond acceptors (Lipinski definition) is 1. The normalized spacial score (nSPS) is 34.8. The molecular formula is C8H14O. The van der Waals surface area contributed by atoms with E-state index in [-0.39, 0.29) is 0 Å². The van der Waals surface area contributed by atoms with E-state index in [1.165, 1.54) is 19.3 Å². The average molecular weight is 126 g/mol. The quantitative estimate of drug-likeness (QED) is 0.517. The van der Waals surface area contributed by atoms with Gasteiger partial charge >= 0.3 is 0 Å². The van der Waals surface area contributed by atoms with Crippen molar-refractivity contribution >= 4 is 6.29 Å². The van der Waals surface area contributed by atoms with Crippen molar-refractivity contribution in [3.8, 4) is 0 Å². The van der Waals surface area contributed by atoms with Gasteiger partial charge in [0.2, 0.25) is 0 Å². The molecule has 52 valence electrons. The van der Waals surface area contributed by atoms with E-state index in [9.17, 15) is 4.79 Å². The summed E-state index contributed by atoms with van der Waals surface area (Å²) in [6.45, 7) is 2.25. The Morgan fingerprint density at radius 1 is 1.56 bits per heavy atom. The molecule has 0 aliphatic heterocycles. The first kappa shape index (κ1) is 6.79. The molecule has 0 saturated heterocycles. The van der Waals surface area contributed by atoms with Crippen LogP contribution in [0.5, 0.6) is 0 Å². The molecule has 1 saturated carbocycles. The van der Waals surface area contributed by atoms with Crippen LogP contribution in [-0.2, 0) is 4.79 Å². The van der Waals surface area contributed by atoms with Crippen LogP contribution in [0.3, 0.4) is 0 Å². The molecule has 1 aliphatic rings. The van der Waals surface area contributed by atoms with Crippen molar-refractivity contribution in [1.82, 2.24) is 0 Å². The van der Waals surface area contributed by atoms with Gasteiger partial charge < -0.3 is 4.79 Å². The predicted molar refractivity (Wildman–Crippen MR) is 37.2 cm³/mol. The van der Waals surface area contributed by atoms with E-state index in [0.717, 1.165) is 18.6 Å². The Balaban J connectivity index is 2.30. The maximum Gasteiger partial charge on any atom is 0.120 e. The molecule has 0 N–H and O–H groups in total. The summed E-state index contributed by atoms with van der Waals surface area (Å²) in [6, 6.07) is 0. The van der Waals surface area contributed by atoms with E-state index in [1.54, 1.807) is 0 Å². The van der Waals surface area contributed by atoms with Crippen LogP contribution in [0.4, 0.5) is 0 Å². The highest BCUT2D eigenvalue weighted by Gasteiger charge is 2.21. The minimum atomic E-state index is 0.711. The van der Waals surface area contributed by atoms with Gasteiger partial charge in [-0.3, -0.25) is 0 Å². The van der Waals surface area contributed by atoms with Gasteiger partial charge in [0.25, 0.3) is 0 Å². The third-order valence-electron chi connectivity index (χ3n) is 2.44. The van der Waals surface area contributed by atoms with E-state index in [4.69, 9.17) is 0 Å². The fraction of sp³-hybridized carbons (Fsp3) is 0.875. The van der Waals surface area contributed by atoms with E-state index in [1.807, 2.05) is 0 Å². The maximum atomic E-state index is 10.1. The van der Waals surface area contributed by atoms with Gasteiger partial charge in [-0.15, -0.1) is 0 Å². The van der Waals surface area contributed by atoms with Gasteiger partial charge in [0, 0.05) is 6.42 Å². The minimum absolute atomic E-state index is 0.711. The number of aldehydes is 1. The first-order valence-corrected chi connectivity index (χ1v) is 3.78. The number of carbonyl (C=O) groups is 1. The smallest absolute Gasteiger partial charge is 0.120 e. The van der Waals surface area contributed by atoms with Crippen molar-refractivity contribution in [2.45, 2.75) is 32.6 Å². The molecule has 0 spiro atoms. The second-order valence-corrected chi connectivity index (χ2v) is 3.07.